The summed E-state index contributed by atoms with van der Waals surface area (Å²) < 4.78 is 0. The van der Waals surface area contributed by atoms with Crippen LogP contribution in [0.1, 0.15) is 19.5 Å². The van der Waals surface area contributed by atoms with Gasteiger partial charge in [-0.25, -0.2) is 4.98 Å². The number of rotatable bonds is 3. The third kappa shape index (κ3) is 3.04. The molecule has 1 aliphatic heterocycles. The minimum atomic E-state index is -0.207. The summed E-state index contributed by atoms with van der Waals surface area (Å²) >= 11 is 5.16. The van der Waals surface area contributed by atoms with E-state index in [2.05, 4.69) is 40.8 Å². The van der Waals surface area contributed by atoms with Gasteiger partial charge < -0.3 is 10.6 Å². The van der Waals surface area contributed by atoms with Crippen LogP contribution in [-0.4, -0.2) is 46.6 Å². The number of thiocarbonyl (C=S) groups is 1. The Morgan fingerprint density at radius 3 is 2.42 bits per heavy atom. The van der Waals surface area contributed by atoms with Crippen molar-refractivity contribution in [2.45, 2.75) is 26.3 Å². The monoisotopic (exact) mass is 278 g/mol. The number of piperazine rings is 1. The predicted octanol–water partition coefficient (Wildman–Crippen LogP) is 1.58. The van der Waals surface area contributed by atoms with Gasteiger partial charge in [0.2, 0.25) is 0 Å². The normalized spacial score (nSPS) is 17.5. The van der Waals surface area contributed by atoms with Crippen molar-refractivity contribution in [3.05, 3.63) is 23.9 Å². The first-order chi connectivity index (χ1) is 8.91. The molecule has 2 rings (SSSR count). The SMILES string of the molecule is Cc1cccc(N2CCN(C(C)(C)C(N)=S)CC2)n1. The van der Waals surface area contributed by atoms with Crippen LogP contribution < -0.4 is 10.6 Å². The molecule has 2 N–H and O–H groups in total. The molecule has 1 aliphatic rings. The maximum Gasteiger partial charge on any atom is 0.128 e. The number of aryl methyl sites for hydroxylation is 1. The van der Waals surface area contributed by atoms with Gasteiger partial charge in [0.05, 0.1) is 10.5 Å². The summed E-state index contributed by atoms with van der Waals surface area (Å²) in [4.78, 5) is 9.81. The third-order valence-corrected chi connectivity index (χ3v) is 4.37. The highest BCUT2D eigenvalue weighted by molar-refractivity contribution is 7.80. The fourth-order valence-corrected chi connectivity index (χ4v) is 2.48. The minimum absolute atomic E-state index is 0.207. The molecule has 0 aromatic carbocycles. The van der Waals surface area contributed by atoms with Crippen molar-refractivity contribution in [3.8, 4) is 0 Å². The van der Waals surface area contributed by atoms with E-state index < -0.39 is 0 Å². The number of hydrogen-bond donors (Lipinski definition) is 1. The maximum atomic E-state index is 5.83. The molecule has 1 fully saturated rings. The molecule has 0 aliphatic carbocycles. The van der Waals surface area contributed by atoms with Gasteiger partial charge in [-0.2, -0.15) is 0 Å². The molecule has 0 unspecified atom stereocenters. The summed E-state index contributed by atoms with van der Waals surface area (Å²) in [5, 5.41) is 0. The predicted molar refractivity (Wildman–Crippen MR) is 83.6 cm³/mol. The van der Waals surface area contributed by atoms with Gasteiger partial charge in [0.15, 0.2) is 0 Å². The van der Waals surface area contributed by atoms with E-state index in [4.69, 9.17) is 18.0 Å². The van der Waals surface area contributed by atoms with Crippen molar-refractivity contribution in [1.29, 1.82) is 0 Å². The summed E-state index contributed by atoms with van der Waals surface area (Å²) in [6.07, 6.45) is 0. The van der Waals surface area contributed by atoms with E-state index in [1.54, 1.807) is 0 Å². The molecular weight excluding hydrogens is 256 g/mol. The van der Waals surface area contributed by atoms with Crippen molar-refractivity contribution in [1.82, 2.24) is 9.88 Å². The standard InChI is InChI=1S/C14H22N4S/c1-11-5-4-6-12(16-11)17-7-9-18(10-8-17)14(2,3)13(15)19/h4-6H,7-10H2,1-3H3,(H2,15,19). The van der Waals surface area contributed by atoms with E-state index in [0.717, 1.165) is 37.7 Å². The molecule has 0 atom stereocenters. The maximum absolute atomic E-state index is 5.83. The first-order valence-electron chi connectivity index (χ1n) is 6.65. The molecule has 19 heavy (non-hydrogen) atoms. The second-order valence-corrected chi connectivity index (χ2v) is 5.97. The molecule has 1 saturated heterocycles. The summed E-state index contributed by atoms with van der Waals surface area (Å²) in [7, 11) is 0. The van der Waals surface area contributed by atoms with Crippen LogP contribution in [0.2, 0.25) is 0 Å². The van der Waals surface area contributed by atoms with Crippen molar-refractivity contribution >= 4 is 23.0 Å². The number of hydrogen-bond acceptors (Lipinski definition) is 4. The first-order valence-corrected chi connectivity index (χ1v) is 7.05. The van der Waals surface area contributed by atoms with E-state index in [0.29, 0.717) is 4.99 Å². The minimum Gasteiger partial charge on any atom is -0.392 e. The zero-order chi connectivity index (χ0) is 14.0. The van der Waals surface area contributed by atoms with Crippen LogP contribution >= 0.6 is 12.2 Å². The summed E-state index contributed by atoms with van der Waals surface area (Å²) in [6, 6.07) is 6.15. The van der Waals surface area contributed by atoms with Gasteiger partial charge >= 0.3 is 0 Å². The van der Waals surface area contributed by atoms with Gasteiger partial charge in [-0.3, -0.25) is 4.90 Å². The molecule has 5 heteroatoms. The molecule has 0 bridgehead atoms. The number of nitrogens with two attached hydrogens (primary N) is 1. The van der Waals surface area contributed by atoms with Crippen molar-refractivity contribution in [2.75, 3.05) is 31.1 Å². The lowest BCUT2D eigenvalue weighted by Gasteiger charge is -2.43. The van der Waals surface area contributed by atoms with Crippen LogP contribution in [0, 0.1) is 6.92 Å². The first kappa shape index (κ1) is 14.2. The van der Waals surface area contributed by atoms with E-state index in [-0.39, 0.29) is 5.54 Å². The largest absolute Gasteiger partial charge is 0.392 e. The van der Waals surface area contributed by atoms with Crippen LogP contribution in [-0.2, 0) is 0 Å². The van der Waals surface area contributed by atoms with E-state index in [9.17, 15) is 0 Å². The Kier molecular flexibility index (Phi) is 4.06. The summed E-state index contributed by atoms with van der Waals surface area (Å²) in [6.45, 7) is 10.0. The third-order valence-electron chi connectivity index (χ3n) is 3.87. The highest BCUT2D eigenvalue weighted by Gasteiger charge is 2.32. The smallest absolute Gasteiger partial charge is 0.128 e. The number of aromatic nitrogens is 1. The lowest BCUT2D eigenvalue weighted by molar-refractivity contribution is 0.168. The molecule has 0 amide bonds. The Balaban J connectivity index is 2.02. The van der Waals surface area contributed by atoms with E-state index >= 15 is 0 Å². The number of pyridine rings is 1. The Morgan fingerprint density at radius 1 is 1.26 bits per heavy atom. The lowest BCUT2D eigenvalue weighted by Crippen LogP contribution is -2.59. The number of nitrogens with zero attached hydrogens (tertiary/aromatic N) is 3. The fraction of sp³-hybridized carbons (Fsp3) is 0.571. The zero-order valence-corrected chi connectivity index (χ0v) is 12.7. The average molecular weight is 278 g/mol. The second-order valence-electron chi connectivity index (χ2n) is 5.53. The summed E-state index contributed by atoms with van der Waals surface area (Å²) in [5.74, 6) is 1.06. The Morgan fingerprint density at radius 2 is 1.89 bits per heavy atom. The summed E-state index contributed by atoms with van der Waals surface area (Å²) in [5.41, 5.74) is 6.68. The molecular formula is C14H22N4S. The molecule has 2 heterocycles. The van der Waals surface area contributed by atoms with Crippen molar-refractivity contribution < 1.29 is 0 Å². The van der Waals surface area contributed by atoms with Crippen LogP contribution in [0.3, 0.4) is 0 Å². The van der Waals surface area contributed by atoms with Gasteiger partial charge in [0, 0.05) is 31.9 Å². The molecule has 1 aromatic heterocycles. The Hall–Kier alpha value is -1.20. The average Bonchev–Trinajstić information content (AvgIpc) is 2.38. The molecule has 0 radical (unpaired) electrons. The molecule has 0 spiro atoms. The molecule has 4 nitrogen and oxygen atoms in total. The fourth-order valence-electron chi connectivity index (χ4n) is 2.36. The van der Waals surface area contributed by atoms with E-state index in [1.165, 1.54) is 0 Å². The van der Waals surface area contributed by atoms with Gasteiger partial charge in [-0.05, 0) is 32.9 Å². The van der Waals surface area contributed by atoms with Crippen LogP contribution in [0.25, 0.3) is 0 Å². The van der Waals surface area contributed by atoms with Gasteiger partial charge in [0.25, 0.3) is 0 Å². The van der Waals surface area contributed by atoms with Gasteiger partial charge in [0.1, 0.15) is 5.82 Å². The molecule has 0 saturated carbocycles. The molecule has 104 valence electrons. The van der Waals surface area contributed by atoms with Gasteiger partial charge in [-0.1, -0.05) is 18.3 Å². The van der Waals surface area contributed by atoms with Crippen LogP contribution in [0.15, 0.2) is 18.2 Å². The highest BCUT2D eigenvalue weighted by atomic mass is 32.1. The quantitative estimate of drug-likeness (QED) is 0.851. The zero-order valence-electron chi connectivity index (χ0n) is 11.9. The topological polar surface area (TPSA) is 45.4 Å². The van der Waals surface area contributed by atoms with Crippen molar-refractivity contribution in [3.63, 3.8) is 0 Å². The van der Waals surface area contributed by atoms with E-state index in [1.807, 2.05) is 13.0 Å². The Labute approximate surface area is 120 Å². The number of anilines is 1. The van der Waals surface area contributed by atoms with Gasteiger partial charge in [-0.15, -0.1) is 0 Å². The highest BCUT2D eigenvalue weighted by Crippen LogP contribution is 2.20. The lowest BCUT2D eigenvalue weighted by atomic mass is 10.0. The van der Waals surface area contributed by atoms with Crippen LogP contribution in [0.4, 0.5) is 5.82 Å². The second kappa shape index (κ2) is 5.43. The Bertz CT molecular complexity index is 464. The van der Waals surface area contributed by atoms with Crippen LogP contribution in [0.5, 0.6) is 0 Å². The van der Waals surface area contributed by atoms with Crippen molar-refractivity contribution in [2.24, 2.45) is 5.73 Å². The molecule has 1 aromatic rings.